The molecule has 5 nitrogen and oxygen atoms in total. The van der Waals surface area contributed by atoms with E-state index in [0.29, 0.717) is 10.7 Å². The normalized spacial score (nSPS) is 18.4. The van der Waals surface area contributed by atoms with Crippen LogP contribution in [0.5, 0.6) is 0 Å². The summed E-state index contributed by atoms with van der Waals surface area (Å²) in [6, 6.07) is 23.9. The van der Waals surface area contributed by atoms with E-state index in [9.17, 15) is 13.2 Å². The summed E-state index contributed by atoms with van der Waals surface area (Å²) in [5.41, 5.74) is 1.35. The summed E-state index contributed by atoms with van der Waals surface area (Å²) in [4.78, 5) is 14.6. The number of halogens is 1. The molecule has 1 unspecified atom stereocenters. The Balaban J connectivity index is 1.79. The van der Waals surface area contributed by atoms with Gasteiger partial charge in [-0.3, -0.25) is 9.69 Å². The van der Waals surface area contributed by atoms with Crippen molar-refractivity contribution in [2.45, 2.75) is 10.1 Å². The molecule has 29 heavy (non-hydrogen) atoms. The number of para-hydroxylation sites is 1. The van der Waals surface area contributed by atoms with Gasteiger partial charge in [-0.2, -0.15) is 8.42 Å². The third-order valence-electron chi connectivity index (χ3n) is 4.29. The minimum atomic E-state index is -4.02. The number of hydrogen-bond acceptors (Lipinski definition) is 4. The summed E-state index contributed by atoms with van der Waals surface area (Å²) in [6.45, 7) is 0. The molecule has 0 radical (unpaired) electrons. The van der Waals surface area contributed by atoms with Crippen LogP contribution >= 0.6 is 23.4 Å². The molecule has 1 aliphatic rings. The first-order valence-electron chi connectivity index (χ1n) is 8.67. The molecule has 146 valence electrons. The van der Waals surface area contributed by atoms with Crippen molar-refractivity contribution in [2.75, 3.05) is 4.90 Å². The van der Waals surface area contributed by atoms with Gasteiger partial charge in [-0.05, 0) is 42.0 Å². The average Bonchev–Trinajstić information content (AvgIpc) is 3.05. The van der Waals surface area contributed by atoms with Crippen molar-refractivity contribution in [3.63, 3.8) is 0 Å². The van der Waals surface area contributed by atoms with Crippen LogP contribution in [0.2, 0.25) is 5.02 Å². The Bertz CT molecular complexity index is 1170. The highest BCUT2D eigenvalue weighted by atomic mass is 35.5. The third-order valence-corrected chi connectivity index (χ3v) is 7.13. The number of hydrogen-bond donors (Lipinski definition) is 0. The molecule has 0 N–H and O–H groups in total. The zero-order valence-corrected chi connectivity index (χ0v) is 17.4. The number of benzene rings is 3. The van der Waals surface area contributed by atoms with Gasteiger partial charge in [0.2, 0.25) is 0 Å². The number of carbonyl (C=O) groups is 1. The summed E-state index contributed by atoms with van der Waals surface area (Å²) < 4.78 is 29.7. The third kappa shape index (κ3) is 4.07. The molecule has 0 bridgehead atoms. The molecule has 0 saturated carbocycles. The monoisotopic (exact) mass is 442 g/mol. The van der Waals surface area contributed by atoms with Crippen molar-refractivity contribution in [3.05, 3.63) is 95.5 Å². The van der Waals surface area contributed by atoms with Gasteiger partial charge in [0.05, 0.1) is 10.6 Å². The van der Waals surface area contributed by atoms with Gasteiger partial charge >= 0.3 is 0 Å². The Hall–Kier alpha value is -2.61. The van der Waals surface area contributed by atoms with Crippen LogP contribution in [0.1, 0.15) is 10.8 Å². The first-order chi connectivity index (χ1) is 14.0. The number of amides is 1. The van der Waals surface area contributed by atoms with Gasteiger partial charge in [0.15, 0.2) is 5.17 Å². The molecule has 1 amide bonds. The Morgan fingerprint density at radius 3 is 2.07 bits per heavy atom. The van der Waals surface area contributed by atoms with E-state index in [2.05, 4.69) is 4.40 Å². The second-order valence-corrected chi connectivity index (χ2v) is 9.33. The molecule has 0 aliphatic carbocycles. The van der Waals surface area contributed by atoms with Gasteiger partial charge in [-0.15, -0.1) is 4.40 Å². The van der Waals surface area contributed by atoms with Crippen LogP contribution < -0.4 is 4.90 Å². The van der Waals surface area contributed by atoms with E-state index in [1.807, 2.05) is 36.4 Å². The lowest BCUT2D eigenvalue weighted by Crippen LogP contribution is -2.30. The lowest BCUT2D eigenvalue weighted by atomic mass is 10.1. The number of amidine groups is 1. The Morgan fingerprint density at radius 1 is 0.862 bits per heavy atom. The maximum Gasteiger partial charge on any atom is 0.284 e. The van der Waals surface area contributed by atoms with E-state index in [-0.39, 0.29) is 16.0 Å². The molecule has 1 atom stereocenters. The second kappa shape index (κ2) is 8.02. The summed E-state index contributed by atoms with van der Waals surface area (Å²) in [5.74, 6) is -0.238. The van der Waals surface area contributed by atoms with Gasteiger partial charge in [-0.1, -0.05) is 71.9 Å². The summed E-state index contributed by atoms with van der Waals surface area (Å²) in [7, 11) is -4.02. The predicted molar refractivity (Wildman–Crippen MR) is 117 cm³/mol. The maximum atomic E-state index is 13.2. The molecule has 0 spiro atoms. The Morgan fingerprint density at radius 2 is 1.45 bits per heavy atom. The van der Waals surface area contributed by atoms with Crippen molar-refractivity contribution in [1.82, 2.24) is 0 Å². The largest absolute Gasteiger partial charge is 0.284 e. The quantitative estimate of drug-likeness (QED) is 0.576. The van der Waals surface area contributed by atoms with Gasteiger partial charge in [0.1, 0.15) is 5.25 Å². The minimum Gasteiger partial charge on any atom is -0.272 e. The fourth-order valence-corrected chi connectivity index (χ4v) is 5.37. The molecule has 1 saturated heterocycles. The molecule has 4 rings (SSSR count). The number of nitrogens with zero attached hydrogens (tertiary/aromatic N) is 2. The number of anilines is 1. The summed E-state index contributed by atoms with van der Waals surface area (Å²) in [6.07, 6.45) is 0. The fourth-order valence-electron chi connectivity index (χ4n) is 2.90. The molecular weight excluding hydrogens is 428 g/mol. The Labute approximate surface area is 178 Å². The number of carbonyl (C=O) groups excluding carboxylic acids is 1. The molecular formula is C21H15ClN2O3S2. The van der Waals surface area contributed by atoms with E-state index in [4.69, 9.17) is 11.6 Å². The first-order valence-corrected chi connectivity index (χ1v) is 11.4. The van der Waals surface area contributed by atoms with E-state index in [1.165, 1.54) is 29.2 Å². The summed E-state index contributed by atoms with van der Waals surface area (Å²) in [5, 5.41) is -0.0300. The van der Waals surface area contributed by atoms with E-state index in [1.54, 1.807) is 24.3 Å². The van der Waals surface area contributed by atoms with Crippen molar-refractivity contribution < 1.29 is 13.2 Å². The minimum absolute atomic E-state index is 0.0126. The molecule has 0 aromatic heterocycles. The molecule has 3 aromatic carbocycles. The smallest absolute Gasteiger partial charge is 0.272 e. The maximum absolute atomic E-state index is 13.2. The van der Waals surface area contributed by atoms with Gasteiger partial charge in [-0.25, -0.2) is 0 Å². The van der Waals surface area contributed by atoms with Gasteiger partial charge in [0.25, 0.3) is 15.9 Å². The number of sulfonamides is 1. The van der Waals surface area contributed by atoms with Gasteiger partial charge in [0, 0.05) is 5.02 Å². The number of rotatable bonds is 4. The lowest BCUT2D eigenvalue weighted by molar-refractivity contribution is -0.117. The van der Waals surface area contributed by atoms with Crippen LogP contribution in [0.3, 0.4) is 0 Å². The van der Waals surface area contributed by atoms with Crippen molar-refractivity contribution in [3.8, 4) is 0 Å². The average molecular weight is 443 g/mol. The van der Waals surface area contributed by atoms with Crippen LogP contribution in [-0.2, 0) is 14.8 Å². The lowest BCUT2D eigenvalue weighted by Gasteiger charge is -2.16. The zero-order chi connectivity index (χ0) is 20.4. The molecule has 1 heterocycles. The van der Waals surface area contributed by atoms with E-state index in [0.717, 1.165) is 17.3 Å². The standard InChI is InChI=1S/C21H15ClN2O3S2/c22-16-11-13-18(14-12-16)29(26,27)23-21-24(17-9-5-2-6-10-17)20(25)19(28-21)15-7-3-1-4-8-15/h1-14,19H/b23-21+. The van der Waals surface area contributed by atoms with Crippen molar-refractivity contribution in [1.29, 1.82) is 0 Å². The first kappa shape index (κ1) is 19.7. The zero-order valence-electron chi connectivity index (χ0n) is 15.0. The van der Waals surface area contributed by atoms with Crippen LogP contribution in [0, 0.1) is 0 Å². The topological polar surface area (TPSA) is 66.8 Å². The SMILES string of the molecule is O=C1C(c2ccccc2)S/C(=N/S(=O)(=O)c2ccc(Cl)cc2)N1c1ccccc1. The van der Waals surface area contributed by atoms with Crippen LogP contribution in [0.4, 0.5) is 5.69 Å². The van der Waals surface area contributed by atoms with Crippen molar-refractivity contribution in [2.24, 2.45) is 4.40 Å². The highest BCUT2D eigenvalue weighted by molar-refractivity contribution is 8.16. The Kier molecular flexibility index (Phi) is 5.45. The highest BCUT2D eigenvalue weighted by Gasteiger charge is 2.41. The van der Waals surface area contributed by atoms with E-state index >= 15 is 0 Å². The van der Waals surface area contributed by atoms with E-state index < -0.39 is 15.3 Å². The van der Waals surface area contributed by atoms with Crippen LogP contribution in [0.25, 0.3) is 0 Å². The van der Waals surface area contributed by atoms with Crippen molar-refractivity contribution >= 4 is 50.1 Å². The van der Waals surface area contributed by atoms with Crippen LogP contribution in [0.15, 0.2) is 94.2 Å². The predicted octanol–water partition coefficient (Wildman–Crippen LogP) is 4.91. The van der Waals surface area contributed by atoms with Gasteiger partial charge < -0.3 is 0 Å². The fraction of sp³-hybridized carbons (Fsp3) is 0.0476. The second-order valence-electron chi connectivity index (χ2n) is 6.22. The molecule has 1 aliphatic heterocycles. The molecule has 8 heteroatoms. The highest BCUT2D eigenvalue weighted by Crippen LogP contribution is 2.42. The molecule has 1 fully saturated rings. The van der Waals surface area contributed by atoms with Crippen LogP contribution in [-0.4, -0.2) is 19.5 Å². The molecule has 3 aromatic rings. The summed E-state index contributed by atoms with van der Waals surface area (Å²) >= 11 is 6.97. The number of thioether (sulfide) groups is 1.